The molecule has 0 amide bonds. The highest BCUT2D eigenvalue weighted by Gasteiger charge is 2.20. The second-order valence-electron chi connectivity index (χ2n) is 2.74. The SMILES string of the molecule is CCOC(Oc1ccccc1)C(=O)OC. The van der Waals surface area contributed by atoms with Gasteiger partial charge < -0.3 is 14.2 Å². The molecule has 0 saturated heterocycles. The standard InChI is InChI=1S/C11H14O4/c1-3-14-11(10(12)13-2)15-9-7-5-4-6-8-9/h4-8,11H,3H2,1-2H3. The molecule has 0 fully saturated rings. The Kier molecular flexibility index (Phi) is 4.63. The molecule has 0 radical (unpaired) electrons. The third kappa shape index (κ3) is 3.59. The van der Waals surface area contributed by atoms with E-state index in [0.717, 1.165) is 0 Å². The number of carbonyl (C=O) groups excluding carboxylic acids is 1. The van der Waals surface area contributed by atoms with Crippen LogP contribution in [0.4, 0.5) is 0 Å². The molecule has 82 valence electrons. The van der Waals surface area contributed by atoms with Gasteiger partial charge in [0.1, 0.15) is 5.75 Å². The average molecular weight is 210 g/mol. The number of hydrogen-bond acceptors (Lipinski definition) is 4. The number of carbonyl (C=O) groups is 1. The molecule has 4 nitrogen and oxygen atoms in total. The van der Waals surface area contributed by atoms with Crippen LogP contribution in [-0.2, 0) is 14.3 Å². The summed E-state index contributed by atoms with van der Waals surface area (Å²) in [4.78, 5) is 11.2. The number of esters is 1. The van der Waals surface area contributed by atoms with Gasteiger partial charge in [-0.1, -0.05) is 18.2 Å². The Hall–Kier alpha value is -1.55. The van der Waals surface area contributed by atoms with Gasteiger partial charge >= 0.3 is 5.97 Å². The van der Waals surface area contributed by atoms with Crippen molar-refractivity contribution < 1.29 is 19.0 Å². The molecule has 1 aromatic rings. The molecule has 1 unspecified atom stereocenters. The summed E-state index contributed by atoms with van der Waals surface area (Å²) < 4.78 is 15.0. The Balaban J connectivity index is 2.62. The van der Waals surface area contributed by atoms with Gasteiger partial charge in [0.15, 0.2) is 0 Å². The van der Waals surface area contributed by atoms with Crippen molar-refractivity contribution >= 4 is 5.97 Å². The molecule has 0 N–H and O–H groups in total. The van der Waals surface area contributed by atoms with Crippen molar-refractivity contribution in [3.63, 3.8) is 0 Å². The highest BCUT2D eigenvalue weighted by atomic mass is 16.7. The van der Waals surface area contributed by atoms with Crippen molar-refractivity contribution in [1.82, 2.24) is 0 Å². The minimum atomic E-state index is -0.998. The minimum absolute atomic E-state index is 0.382. The van der Waals surface area contributed by atoms with E-state index >= 15 is 0 Å². The first-order valence-corrected chi connectivity index (χ1v) is 4.69. The van der Waals surface area contributed by atoms with Gasteiger partial charge in [-0.05, 0) is 19.1 Å². The molecule has 1 aromatic carbocycles. The van der Waals surface area contributed by atoms with E-state index in [0.29, 0.717) is 12.4 Å². The fourth-order valence-electron chi connectivity index (χ4n) is 1.02. The normalized spacial score (nSPS) is 11.9. The van der Waals surface area contributed by atoms with Crippen LogP contribution >= 0.6 is 0 Å². The molecule has 0 heterocycles. The highest BCUT2D eigenvalue weighted by molar-refractivity contribution is 5.73. The summed E-state index contributed by atoms with van der Waals surface area (Å²) in [6.07, 6.45) is -0.998. The number of para-hydroxylation sites is 1. The second kappa shape index (κ2) is 6.03. The van der Waals surface area contributed by atoms with Crippen molar-refractivity contribution in [3.8, 4) is 5.75 Å². The van der Waals surface area contributed by atoms with Gasteiger partial charge in [0.2, 0.25) is 0 Å². The molecule has 15 heavy (non-hydrogen) atoms. The maximum atomic E-state index is 11.2. The van der Waals surface area contributed by atoms with Crippen LogP contribution in [0.25, 0.3) is 0 Å². The first-order chi connectivity index (χ1) is 7.27. The molecule has 4 heteroatoms. The highest BCUT2D eigenvalue weighted by Crippen LogP contribution is 2.12. The predicted molar refractivity (Wildman–Crippen MR) is 54.5 cm³/mol. The average Bonchev–Trinajstić information content (AvgIpc) is 2.29. The molecular formula is C11H14O4. The Bertz CT molecular complexity index is 297. The monoisotopic (exact) mass is 210 g/mol. The van der Waals surface area contributed by atoms with Crippen LogP contribution in [0.5, 0.6) is 5.75 Å². The van der Waals surface area contributed by atoms with E-state index in [1.807, 2.05) is 18.2 Å². The van der Waals surface area contributed by atoms with E-state index in [2.05, 4.69) is 4.74 Å². The molecule has 0 bridgehead atoms. The molecule has 0 aromatic heterocycles. The van der Waals surface area contributed by atoms with Gasteiger partial charge in [0.05, 0.1) is 7.11 Å². The van der Waals surface area contributed by atoms with Crippen molar-refractivity contribution in [1.29, 1.82) is 0 Å². The lowest BCUT2D eigenvalue weighted by Gasteiger charge is -2.16. The molecule has 0 aliphatic rings. The zero-order valence-corrected chi connectivity index (χ0v) is 8.80. The van der Waals surface area contributed by atoms with Crippen LogP contribution in [0.2, 0.25) is 0 Å². The zero-order valence-electron chi connectivity index (χ0n) is 8.80. The van der Waals surface area contributed by atoms with Crippen molar-refractivity contribution in [2.24, 2.45) is 0 Å². The lowest BCUT2D eigenvalue weighted by Crippen LogP contribution is -2.31. The summed E-state index contributed by atoms with van der Waals surface area (Å²) in [7, 11) is 1.29. The Morgan fingerprint density at radius 3 is 2.53 bits per heavy atom. The zero-order chi connectivity index (χ0) is 11.1. The fraction of sp³-hybridized carbons (Fsp3) is 0.364. The summed E-state index contributed by atoms with van der Waals surface area (Å²) in [5.41, 5.74) is 0. The largest absolute Gasteiger partial charge is 0.464 e. The van der Waals surface area contributed by atoms with Gasteiger partial charge in [0.25, 0.3) is 6.29 Å². The van der Waals surface area contributed by atoms with Crippen LogP contribution in [0.15, 0.2) is 30.3 Å². The van der Waals surface area contributed by atoms with Gasteiger partial charge in [0, 0.05) is 6.61 Å². The number of ether oxygens (including phenoxy) is 3. The quantitative estimate of drug-likeness (QED) is 0.547. The molecule has 0 saturated carbocycles. The van der Waals surface area contributed by atoms with Gasteiger partial charge in [-0.2, -0.15) is 0 Å². The summed E-state index contributed by atoms with van der Waals surface area (Å²) in [6, 6.07) is 8.98. The van der Waals surface area contributed by atoms with Crippen LogP contribution in [0.3, 0.4) is 0 Å². The van der Waals surface area contributed by atoms with E-state index in [1.54, 1.807) is 19.1 Å². The minimum Gasteiger partial charge on any atom is -0.464 e. The molecule has 1 atom stereocenters. The topological polar surface area (TPSA) is 44.8 Å². The smallest absolute Gasteiger partial charge is 0.376 e. The molecule has 0 aliphatic carbocycles. The predicted octanol–water partition coefficient (Wildman–Crippen LogP) is 1.60. The van der Waals surface area contributed by atoms with Crippen LogP contribution in [0, 0.1) is 0 Å². The van der Waals surface area contributed by atoms with E-state index in [-0.39, 0.29) is 0 Å². The summed E-state index contributed by atoms with van der Waals surface area (Å²) in [6.45, 7) is 2.16. The molecule has 1 rings (SSSR count). The van der Waals surface area contributed by atoms with E-state index in [4.69, 9.17) is 9.47 Å². The van der Waals surface area contributed by atoms with Crippen molar-refractivity contribution in [3.05, 3.63) is 30.3 Å². The number of rotatable bonds is 5. The Labute approximate surface area is 88.8 Å². The van der Waals surface area contributed by atoms with Gasteiger partial charge in [-0.3, -0.25) is 0 Å². The van der Waals surface area contributed by atoms with Crippen molar-refractivity contribution in [2.75, 3.05) is 13.7 Å². The first-order valence-electron chi connectivity index (χ1n) is 4.69. The van der Waals surface area contributed by atoms with E-state index in [1.165, 1.54) is 7.11 Å². The third-order valence-corrected chi connectivity index (χ3v) is 1.70. The maximum absolute atomic E-state index is 11.2. The van der Waals surface area contributed by atoms with Crippen LogP contribution < -0.4 is 4.74 Å². The van der Waals surface area contributed by atoms with Gasteiger partial charge in [-0.25, -0.2) is 4.79 Å². The second-order valence-corrected chi connectivity index (χ2v) is 2.74. The lowest BCUT2D eigenvalue weighted by atomic mass is 10.3. The van der Waals surface area contributed by atoms with Crippen LogP contribution in [-0.4, -0.2) is 26.0 Å². The van der Waals surface area contributed by atoms with E-state index < -0.39 is 12.3 Å². The number of benzene rings is 1. The van der Waals surface area contributed by atoms with Gasteiger partial charge in [-0.15, -0.1) is 0 Å². The Morgan fingerprint density at radius 1 is 1.33 bits per heavy atom. The van der Waals surface area contributed by atoms with E-state index in [9.17, 15) is 4.79 Å². The first kappa shape index (κ1) is 11.5. The molecule has 0 aliphatic heterocycles. The molecular weight excluding hydrogens is 196 g/mol. The lowest BCUT2D eigenvalue weighted by molar-refractivity contribution is -0.173. The Morgan fingerprint density at radius 2 is 2.00 bits per heavy atom. The maximum Gasteiger partial charge on any atom is 0.376 e. The summed E-state index contributed by atoms with van der Waals surface area (Å²) in [5, 5.41) is 0. The number of hydrogen-bond donors (Lipinski definition) is 0. The molecule has 0 spiro atoms. The van der Waals surface area contributed by atoms with Crippen LogP contribution in [0.1, 0.15) is 6.92 Å². The number of methoxy groups -OCH3 is 1. The summed E-state index contributed by atoms with van der Waals surface area (Å²) in [5.74, 6) is 0.0297. The fourth-order valence-corrected chi connectivity index (χ4v) is 1.02. The van der Waals surface area contributed by atoms with Crippen molar-refractivity contribution in [2.45, 2.75) is 13.2 Å². The third-order valence-electron chi connectivity index (χ3n) is 1.70. The summed E-state index contributed by atoms with van der Waals surface area (Å²) >= 11 is 0.